The van der Waals surface area contributed by atoms with Gasteiger partial charge in [0, 0.05) is 35.9 Å². The molecule has 1 amide bonds. The van der Waals surface area contributed by atoms with Crippen LogP contribution in [0.25, 0.3) is 0 Å². The van der Waals surface area contributed by atoms with Crippen LogP contribution in [0.5, 0.6) is 0 Å². The van der Waals surface area contributed by atoms with E-state index in [1.807, 2.05) is 18.2 Å². The molecule has 1 heterocycles. The molecule has 25 heavy (non-hydrogen) atoms. The maximum absolute atomic E-state index is 12.6. The molecule has 1 aliphatic carbocycles. The van der Waals surface area contributed by atoms with E-state index in [9.17, 15) is 4.79 Å². The van der Waals surface area contributed by atoms with Crippen molar-refractivity contribution in [3.8, 4) is 0 Å². The highest BCUT2D eigenvalue weighted by atomic mass is 35.5. The maximum atomic E-state index is 12.6. The summed E-state index contributed by atoms with van der Waals surface area (Å²) in [7, 11) is 0. The normalized spacial score (nSPS) is 13.8. The first kappa shape index (κ1) is 18.1. The van der Waals surface area contributed by atoms with Gasteiger partial charge in [0.15, 0.2) is 0 Å². The lowest BCUT2D eigenvalue weighted by molar-refractivity contribution is -0.132. The Morgan fingerprint density at radius 3 is 2.72 bits per heavy atom. The zero-order valence-electron chi connectivity index (χ0n) is 15.0. The molecular formula is C21H27ClN2O. The monoisotopic (exact) mass is 358 g/mol. The summed E-state index contributed by atoms with van der Waals surface area (Å²) in [6, 6.07) is 12.6. The van der Waals surface area contributed by atoms with Gasteiger partial charge in [-0.05, 0) is 43.0 Å². The summed E-state index contributed by atoms with van der Waals surface area (Å²) in [5.74, 6) is 0.307. The number of halogens is 1. The minimum absolute atomic E-state index is 0.307. The van der Waals surface area contributed by atoms with Gasteiger partial charge in [-0.25, -0.2) is 0 Å². The van der Waals surface area contributed by atoms with Gasteiger partial charge in [-0.1, -0.05) is 49.6 Å². The molecule has 0 unspecified atom stereocenters. The molecule has 1 saturated carbocycles. The Hall–Kier alpha value is -1.74. The van der Waals surface area contributed by atoms with Crippen LogP contribution in [0.2, 0.25) is 5.02 Å². The first-order chi connectivity index (χ1) is 12.2. The van der Waals surface area contributed by atoms with Crippen molar-refractivity contribution in [2.45, 2.75) is 64.6 Å². The predicted molar refractivity (Wildman–Crippen MR) is 103 cm³/mol. The van der Waals surface area contributed by atoms with E-state index in [-0.39, 0.29) is 0 Å². The lowest BCUT2D eigenvalue weighted by atomic mass is 10.2. The standard InChI is InChI=1S/C21H27ClN2O/c1-2-3-4-11-21(25)24(18-12-13-18)16-19-9-7-14-23(19)15-17-8-5-6-10-20(17)22/h5-10,14,18H,2-4,11-13,15-16H2,1H3. The largest absolute Gasteiger partial charge is 0.345 e. The molecule has 3 rings (SSSR count). The van der Waals surface area contributed by atoms with Crippen molar-refractivity contribution in [3.05, 3.63) is 58.9 Å². The zero-order valence-corrected chi connectivity index (χ0v) is 15.7. The van der Waals surface area contributed by atoms with Crippen LogP contribution in [0.1, 0.15) is 56.7 Å². The van der Waals surface area contributed by atoms with Crippen LogP contribution in [0.15, 0.2) is 42.6 Å². The average Bonchev–Trinajstić information content (AvgIpc) is 3.35. The Kier molecular flexibility index (Phi) is 6.19. The van der Waals surface area contributed by atoms with E-state index in [0.717, 1.165) is 49.2 Å². The van der Waals surface area contributed by atoms with E-state index in [2.05, 4.69) is 40.8 Å². The van der Waals surface area contributed by atoms with Gasteiger partial charge in [0.25, 0.3) is 0 Å². The Bertz CT molecular complexity index is 705. The highest BCUT2D eigenvalue weighted by Gasteiger charge is 2.32. The lowest BCUT2D eigenvalue weighted by Gasteiger charge is -2.23. The Balaban J connectivity index is 1.68. The summed E-state index contributed by atoms with van der Waals surface area (Å²) >= 11 is 6.30. The molecule has 4 heteroatoms. The molecule has 3 nitrogen and oxygen atoms in total. The van der Waals surface area contributed by atoms with E-state index in [0.29, 0.717) is 24.9 Å². The molecule has 0 radical (unpaired) electrons. The van der Waals surface area contributed by atoms with Crippen LogP contribution in [-0.2, 0) is 17.9 Å². The summed E-state index contributed by atoms with van der Waals surface area (Å²) in [4.78, 5) is 14.7. The zero-order chi connectivity index (χ0) is 17.6. The number of hydrogen-bond donors (Lipinski definition) is 0. The van der Waals surface area contributed by atoms with Gasteiger partial charge in [0.05, 0.1) is 6.54 Å². The number of unbranched alkanes of at least 4 members (excludes halogenated alkanes) is 2. The molecule has 2 aromatic rings. The van der Waals surface area contributed by atoms with Gasteiger partial charge < -0.3 is 9.47 Å². The van der Waals surface area contributed by atoms with Gasteiger partial charge in [0.2, 0.25) is 5.91 Å². The van der Waals surface area contributed by atoms with Crippen LogP contribution in [-0.4, -0.2) is 21.4 Å². The van der Waals surface area contributed by atoms with E-state index in [1.165, 1.54) is 5.69 Å². The first-order valence-electron chi connectivity index (χ1n) is 9.36. The van der Waals surface area contributed by atoms with Gasteiger partial charge in [0.1, 0.15) is 0 Å². The predicted octanol–water partition coefficient (Wildman–Crippen LogP) is 5.26. The molecule has 1 aromatic carbocycles. The number of benzene rings is 1. The molecule has 0 aliphatic heterocycles. The van der Waals surface area contributed by atoms with Crippen LogP contribution in [0.4, 0.5) is 0 Å². The Labute approximate surface area is 155 Å². The SMILES string of the molecule is CCCCCC(=O)N(Cc1cccn1Cc1ccccc1Cl)C1CC1. The summed E-state index contributed by atoms with van der Waals surface area (Å²) in [5, 5.41) is 0.789. The molecule has 1 aromatic heterocycles. The van der Waals surface area contributed by atoms with E-state index < -0.39 is 0 Å². The van der Waals surface area contributed by atoms with Crippen molar-refractivity contribution in [3.63, 3.8) is 0 Å². The fourth-order valence-electron chi connectivity index (χ4n) is 3.21. The number of carbonyl (C=O) groups excluding carboxylic acids is 1. The number of nitrogens with zero attached hydrogens (tertiary/aromatic N) is 2. The van der Waals surface area contributed by atoms with Crippen LogP contribution >= 0.6 is 11.6 Å². The van der Waals surface area contributed by atoms with Crippen molar-refractivity contribution in [1.29, 1.82) is 0 Å². The third-order valence-corrected chi connectivity index (χ3v) is 5.23. The molecular weight excluding hydrogens is 332 g/mol. The molecule has 0 bridgehead atoms. The van der Waals surface area contributed by atoms with E-state index in [4.69, 9.17) is 11.6 Å². The molecule has 0 atom stereocenters. The maximum Gasteiger partial charge on any atom is 0.223 e. The number of amides is 1. The molecule has 0 spiro atoms. The van der Waals surface area contributed by atoms with E-state index in [1.54, 1.807) is 0 Å². The molecule has 0 saturated heterocycles. The third kappa shape index (κ3) is 4.88. The third-order valence-electron chi connectivity index (χ3n) is 4.86. The highest BCUT2D eigenvalue weighted by Crippen LogP contribution is 2.29. The fraction of sp³-hybridized carbons (Fsp3) is 0.476. The Morgan fingerprint density at radius 1 is 1.20 bits per heavy atom. The number of hydrogen-bond acceptors (Lipinski definition) is 1. The summed E-state index contributed by atoms with van der Waals surface area (Å²) in [5.41, 5.74) is 2.28. The molecule has 134 valence electrons. The van der Waals surface area contributed by atoms with E-state index >= 15 is 0 Å². The van der Waals surface area contributed by atoms with Gasteiger partial charge in [-0.3, -0.25) is 4.79 Å². The van der Waals surface area contributed by atoms with Crippen molar-refractivity contribution in [2.24, 2.45) is 0 Å². The lowest BCUT2D eigenvalue weighted by Crippen LogP contribution is -2.33. The molecule has 0 N–H and O–H groups in total. The van der Waals surface area contributed by atoms with Crippen LogP contribution < -0.4 is 0 Å². The molecule has 1 aliphatic rings. The summed E-state index contributed by atoms with van der Waals surface area (Å²) in [6.45, 7) is 3.61. The number of carbonyl (C=O) groups is 1. The van der Waals surface area contributed by atoms with Crippen LogP contribution in [0, 0.1) is 0 Å². The Morgan fingerprint density at radius 2 is 2.00 bits per heavy atom. The molecule has 1 fully saturated rings. The van der Waals surface area contributed by atoms with Crippen molar-refractivity contribution < 1.29 is 4.79 Å². The second-order valence-corrected chi connectivity index (χ2v) is 7.34. The quantitative estimate of drug-likeness (QED) is 0.561. The second-order valence-electron chi connectivity index (χ2n) is 6.93. The fourth-order valence-corrected chi connectivity index (χ4v) is 3.40. The summed E-state index contributed by atoms with van der Waals surface area (Å²) < 4.78 is 2.20. The van der Waals surface area contributed by atoms with Gasteiger partial charge in [-0.2, -0.15) is 0 Å². The number of aromatic nitrogens is 1. The van der Waals surface area contributed by atoms with Crippen molar-refractivity contribution in [1.82, 2.24) is 9.47 Å². The number of rotatable bonds is 9. The average molecular weight is 359 g/mol. The van der Waals surface area contributed by atoms with Crippen LogP contribution in [0.3, 0.4) is 0 Å². The smallest absolute Gasteiger partial charge is 0.223 e. The van der Waals surface area contributed by atoms with Crippen molar-refractivity contribution >= 4 is 17.5 Å². The topological polar surface area (TPSA) is 25.2 Å². The summed E-state index contributed by atoms with van der Waals surface area (Å²) in [6.07, 6.45) is 8.32. The van der Waals surface area contributed by atoms with Gasteiger partial charge >= 0.3 is 0 Å². The minimum Gasteiger partial charge on any atom is -0.345 e. The van der Waals surface area contributed by atoms with Crippen molar-refractivity contribution in [2.75, 3.05) is 0 Å². The van der Waals surface area contributed by atoms with Gasteiger partial charge in [-0.15, -0.1) is 0 Å². The minimum atomic E-state index is 0.307. The highest BCUT2D eigenvalue weighted by molar-refractivity contribution is 6.31. The first-order valence-corrected chi connectivity index (χ1v) is 9.73. The second kappa shape index (κ2) is 8.57.